The van der Waals surface area contributed by atoms with Gasteiger partial charge in [-0.3, -0.25) is 4.79 Å². The predicted octanol–water partition coefficient (Wildman–Crippen LogP) is -0.477. The Bertz CT molecular complexity index is 90.3. The van der Waals surface area contributed by atoms with Crippen molar-refractivity contribution in [3.63, 3.8) is 0 Å². The zero-order valence-electron chi connectivity index (χ0n) is 5.37. The third-order valence-corrected chi connectivity index (χ3v) is 0.907. The standard InChI is InChI=1S/C6H11O3/c1-2-3-5(8)6(9)4-7/h3,6-7,9H,2,4H2,1H3. The van der Waals surface area contributed by atoms with Crippen LogP contribution < -0.4 is 0 Å². The quantitative estimate of drug-likeness (QED) is 0.542. The lowest BCUT2D eigenvalue weighted by Crippen LogP contribution is -2.23. The topological polar surface area (TPSA) is 57.5 Å². The van der Waals surface area contributed by atoms with Crippen LogP contribution in [0.15, 0.2) is 0 Å². The van der Waals surface area contributed by atoms with E-state index in [4.69, 9.17) is 10.2 Å². The van der Waals surface area contributed by atoms with E-state index in [0.29, 0.717) is 6.42 Å². The molecule has 0 aromatic rings. The minimum Gasteiger partial charge on any atom is -0.393 e. The molecule has 0 aromatic heterocycles. The van der Waals surface area contributed by atoms with E-state index in [2.05, 4.69) is 0 Å². The molecule has 1 atom stereocenters. The molecule has 53 valence electrons. The van der Waals surface area contributed by atoms with Crippen LogP contribution in [0, 0.1) is 6.42 Å². The van der Waals surface area contributed by atoms with Gasteiger partial charge >= 0.3 is 0 Å². The van der Waals surface area contributed by atoms with E-state index in [1.54, 1.807) is 6.92 Å². The Labute approximate surface area is 54.3 Å². The molecule has 0 fully saturated rings. The van der Waals surface area contributed by atoms with Gasteiger partial charge in [0.1, 0.15) is 6.10 Å². The van der Waals surface area contributed by atoms with Gasteiger partial charge in [0.15, 0.2) is 5.78 Å². The number of carbonyl (C=O) groups excluding carboxylic acids is 1. The number of hydrogen-bond acceptors (Lipinski definition) is 3. The molecule has 2 N–H and O–H groups in total. The molecule has 0 saturated carbocycles. The van der Waals surface area contributed by atoms with Crippen molar-refractivity contribution < 1.29 is 15.0 Å². The average Bonchev–Trinajstić information content (AvgIpc) is 1.87. The summed E-state index contributed by atoms with van der Waals surface area (Å²) in [6.07, 6.45) is 0.724. The van der Waals surface area contributed by atoms with E-state index in [-0.39, 0.29) is 0 Å². The number of carbonyl (C=O) groups is 1. The van der Waals surface area contributed by atoms with E-state index in [1.165, 1.54) is 6.42 Å². The van der Waals surface area contributed by atoms with Crippen LogP contribution in [0.1, 0.15) is 13.3 Å². The van der Waals surface area contributed by atoms with Crippen LogP contribution >= 0.6 is 0 Å². The van der Waals surface area contributed by atoms with Crippen molar-refractivity contribution in [2.75, 3.05) is 6.61 Å². The second kappa shape index (κ2) is 4.47. The highest BCUT2D eigenvalue weighted by molar-refractivity contribution is 5.90. The summed E-state index contributed by atoms with van der Waals surface area (Å²) in [5, 5.41) is 16.9. The van der Waals surface area contributed by atoms with Crippen molar-refractivity contribution in [3.05, 3.63) is 6.42 Å². The first-order valence-corrected chi connectivity index (χ1v) is 2.88. The average molecular weight is 131 g/mol. The van der Waals surface area contributed by atoms with Crippen LogP contribution in [0.25, 0.3) is 0 Å². The summed E-state index contributed by atoms with van der Waals surface area (Å²) in [6, 6.07) is 0. The maximum Gasteiger partial charge on any atom is 0.167 e. The second-order valence-electron chi connectivity index (χ2n) is 1.71. The van der Waals surface area contributed by atoms with Gasteiger partial charge in [-0.2, -0.15) is 0 Å². The van der Waals surface area contributed by atoms with E-state index in [1.807, 2.05) is 0 Å². The fourth-order valence-electron chi connectivity index (χ4n) is 0.427. The minimum absolute atomic E-state index is 0.403. The molecule has 0 aromatic carbocycles. The van der Waals surface area contributed by atoms with Gasteiger partial charge in [-0.15, -0.1) is 0 Å². The number of hydrogen-bond donors (Lipinski definition) is 2. The summed E-state index contributed by atoms with van der Waals surface area (Å²) in [5.74, 6) is -0.403. The molecule has 9 heavy (non-hydrogen) atoms. The summed E-state index contributed by atoms with van der Waals surface area (Å²) in [4.78, 5) is 10.5. The Kier molecular flexibility index (Phi) is 4.26. The first-order valence-electron chi connectivity index (χ1n) is 2.88. The molecule has 0 amide bonds. The van der Waals surface area contributed by atoms with E-state index >= 15 is 0 Å². The Morgan fingerprint density at radius 2 is 2.33 bits per heavy atom. The number of aliphatic hydroxyl groups excluding tert-OH is 2. The molecule has 3 nitrogen and oxygen atoms in total. The van der Waals surface area contributed by atoms with Crippen molar-refractivity contribution in [1.82, 2.24) is 0 Å². The zero-order valence-corrected chi connectivity index (χ0v) is 5.37. The molecule has 1 unspecified atom stereocenters. The SMILES string of the molecule is CC[CH]C(=O)C(O)CO. The van der Waals surface area contributed by atoms with Crippen molar-refractivity contribution in [3.8, 4) is 0 Å². The number of Topliss-reactive ketones (excluding diaryl/α,β-unsaturated/α-hetero) is 1. The van der Waals surface area contributed by atoms with Crippen LogP contribution in [0.5, 0.6) is 0 Å². The van der Waals surface area contributed by atoms with Gasteiger partial charge < -0.3 is 10.2 Å². The molecule has 0 rings (SSSR count). The van der Waals surface area contributed by atoms with Crippen LogP contribution in [0.2, 0.25) is 0 Å². The molecule has 0 heterocycles. The predicted molar refractivity (Wildman–Crippen MR) is 32.7 cm³/mol. The van der Waals surface area contributed by atoms with Gasteiger partial charge in [-0.25, -0.2) is 0 Å². The van der Waals surface area contributed by atoms with Crippen molar-refractivity contribution in [2.45, 2.75) is 19.4 Å². The monoisotopic (exact) mass is 131 g/mol. The van der Waals surface area contributed by atoms with Crippen LogP contribution in [0.3, 0.4) is 0 Å². The maximum atomic E-state index is 10.5. The number of aliphatic hydroxyl groups is 2. The van der Waals surface area contributed by atoms with Crippen molar-refractivity contribution in [1.29, 1.82) is 0 Å². The lowest BCUT2D eigenvalue weighted by Gasteiger charge is -2.02. The third kappa shape index (κ3) is 3.21. The molecule has 3 heteroatoms. The molecule has 0 aliphatic heterocycles. The Hall–Kier alpha value is -0.410. The summed E-state index contributed by atoms with van der Waals surface area (Å²) in [6.45, 7) is 1.30. The number of rotatable bonds is 4. The highest BCUT2D eigenvalue weighted by Gasteiger charge is 2.11. The van der Waals surface area contributed by atoms with Gasteiger partial charge in [0.05, 0.1) is 6.61 Å². The van der Waals surface area contributed by atoms with Crippen LogP contribution in [-0.4, -0.2) is 28.7 Å². The molecule has 1 radical (unpaired) electrons. The summed E-state index contributed by atoms with van der Waals surface area (Å²) in [7, 11) is 0. The Morgan fingerprint density at radius 3 is 2.67 bits per heavy atom. The molecule has 0 aliphatic carbocycles. The Morgan fingerprint density at radius 1 is 1.78 bits per heavy atom. The molecular weight excluding hydrogens is 120 g/mol. The molecule has 0 bridgehead atoms. The van der Waals surface area contributed by atoms with Gasteiger partial charge in [0, 0.05) is 6.42 Å². The normalized spacial score (nSPS) is 13.2. The second-order valence-corrected chi connectivity index (χ2v) is 1.71. The van der Waals surface area contributed by atoms with E-state index < -0.39 is 18.5 Å². The van der Waals surface area contributed by atoms with E-state index in [0.717, 1.165) is 0 Å². The summed E-state index contributed by atoms with van der Waals surface area (Å²) >= 11 is 0. The van der Waals surface area contributed by atoms with Crippen molar-refractivity contribution in [2.24, 2.45) is 0 Å². The fourth-order valence-corrected chi connectivity index (χ4v) is 0.427. The lowest BCUT2D eigenvalue weighted by molar-refractivity contribution is -0.125. The molecule has 0 spiro atoms. The van der Waals surface area contributed by atoms with Crippen molar-refractivity contribution >= 4 is 5.78 Å². The van der Waals surface area contributed by atoms with Gasteiger partial charge in [-0.1, -0.05) is 6.92 Å². The lowest BCUT2D eigenvalue weighted by atomic mass is 10.1. The smallest absolute Gasteiger partial charge is 0.167 e. The van der Waals surface area contributed by atoms with Crippen LogP contribution in [0.4, 0.5) is 0 Å². The largest absolute Gasteiger partial charge is 0.393 e. The minimum atomic E-state index is -1.22. The van der Waals surface area contributed by atoms with Crippen LogP contribution in [-0.2, 0) is 4.79 Å². The van der Waals surface area contributed by atoms with Gasteiger partial charge in [0.25, 0.3) is 0 Å². The van der Waals surface area contributed by atoms with Gasteiger partial charge in [0.2, 0.25) is 0 Å². The highest BCUT2D eigenvalue weighted by atomic mass is 16.3. The van der Waals surface area contributed by atoms with E-state index in [9.17, 15) is 4.79 Å². The third-order valence-electron chi connectivity index (χ3n) is 0.907. The first-order chi connectivity index (χ1) is 4.22. The Balaban J connectivity index is 3.46. The highest BCUT2D eigenvalue weighted by Crippen LogP contribution is 1.92. The fraction of sp³-hybridized carbons (Fsp3) is 0.667. The first kappa shape index (κ1) is 8.59. The number of ketones is 1. The summed E-state index contributed by atoms with van der Waals surface area (Å²) in [5.41, 5.74) is 0. The maximum absolute atomic E-state index is 10.5. The zero-order chi connectivity index (χ0) is 7.28. The molecular formula is C6H11O3. The summed E-state index contributed by atoms with van der Waals surface area (Å²) < 4.78 is 0. The van der Waals surface area contributed by atoms with Gasteiger partial charge in [-0.05, 0) is 6.42 Å². The molecule has 0 saturated heterocycles. The molecule has 0 aliphatic rings.